The highest BCUT2D eigenvalue weighted by atomic mass is 16.5. The summed E-state index contributed by atoms with van der Waals surface area (Å²) < 4.78 is 10.7. The van der Waals surface area contributed by atoms with Gasteiger partial charge in [0.2, 0.25) is 0 Å². The van der Waals surface area contributed by atoms with Crippen LogP contribution in [0.25, 0.3) is 0 Å². The van der Waals surface area contributed by atoms with Gasteiger partial charge in [-0.05, 0) is 44.4 Å². The topological polar surface area (TPSA) is 33.7 Å². The van der Waals surface area contributed by atoms with E-state index >= 15 is 0 Å². The molecule has 0 aliphatic carbocycles. The standard InChI is InChI=1S/C17H28N2O2/c1-5-8-19-9-6-14(7-10-19)18-15-12-17(21-4)16(20-3)11-13(15)2/h11-12,14,18H,5-10H2,1-4H3. The predicted molar refractivity (Wildman–Crippen MR) is 87.7 cm³/mol. The van der Waals surface area contributed by atoms with Crippen LogP contribution in [0.3, 0.4) is 0 Å². The van der Waals surface area contributed by atoms with Crippen molar-refractivity contribution in [3.8, 4) is 11.5 Å². The summed E-state index contributed by atoms with van der Waals surface area (Å²) in [6.45, 7) is 7.96. The molecular weight excluding hydrogens is 264 g/mol. The highest BCUT2D eigenvalue weighted by molar-refractivity contribution is 5.60. The molecule has 0 saturated carbocycles. The molecule has 1 aliphatic heterocycles. The van der Waals surface area contributed by atoms with Gasteiger partial charge in [0.25, 0.3) is 0 Å². The molecule has 0 unspecified atom stereocenters. The Bertz CT molecular complexity index is 454. The molecule has 0 radical (unpaired) electrons. The summed E-state index contributed by atoms with van der Waals surface area (Å²) in [5, 5.41) is 3.68. The molecule has 0 bridgehead atoms. The first kappa shape index (κ1) is 16.0. The SMILES string of the molecule is CCCN1CCC(Nc2cc(OC)c(OC)cc2C)CC1. The Hall–Kier alpha value is -1.42. The molecule has 1 N–H and O–H groups in total. The lowest BCUT2D eigenvalue weighted by molar-refractivity contribution is 0.219. The van der Waals surface area contributed by atoms with Crippen molar-refractivity contribution in [2.24, 2.45) is 0 Å². The first-order chi connectivity index (χ1) is 10.2. The fourth-order valence-corrected chi connectivity index (χ4v) is 2.97. The maximum absolute atomic E-state index is 5.40. The van der Waals surface area contributed by atoms with Crippen molar-refractivity contribution in [2.45, 2.75) is 39.2 Å². The third-order valence-electron chi connectivity index (χ3n) is 4.22. The van der Waals surface area contributed by atoms with Crippen molar-refractivity contribution in [3.63, 3.8) is 0 Å². The zero-order valence-electron chi connectivity index (χ0n) is 13.7. The average Bonchev–Trinajstić information content (AvgIpc) is 2.51. The monoisotopic (exact) mass is 292 g/mol. The number of rotatable bonds is 6. The van der Waals surface area contributed by atoms with E-state index in [4.69, 9.17) is 9.47 Å². The predicted octanol–water partition coefficient (Wildman–Crippen LogP) is 3.30. The van der Waals surface area contributed by atoms with Crippen LogP contribution in [0.4, 0.5) is 5.69 Å². The van der Waals surface area contributed by atoms with E-state index < -0.39 is 0 Å². The van der Waals surface area contributed by atoms with Crippen molar-refractivity contribution < 1.29 is 9.47 Å². The Balaban J connectivity index is 2.00. The van der Waals surface area contributed by atoms with Gasteiger partial charge < -0.3 is 19.7 Å². The fraction of sp³-hybridized carbons (Fsp3) is 0.647. The lowest BCUT2D eigenvalue weighted by Gasteiger charge is -2.33. The van der Waals surface area contributed by atoms with Crippen LogP contribution < -0.4 is 14.8 Å². The van der Waals surface area contributed by atoms with Crippen LogP contribution in [-0.2, 0) is 0 Å². The molecule has 118 valence electrons. The molecular formula is C17H28N2O2. The second-order valence-electron chi connectivity index (χ2n) is 5.78. The first-order valence-corrected chi connectivity index (χ1v) is 7.89. The number of nitrogens with zero attached hydrogens (tertiary/aromatic N) is 1. The van der Waals surface area contributed by atoms with Gasteiger partial charge in [0.1, 0.15) is 0 Å². The van der Waals surface area contributed by atoms with Crippen LogP contribution in [0.5, 0.6) is 11.5 Å². The van der Waals surface area contributed by atoms with Crippen LogP contribution in [0.15, 0.2) is 12.1 Å². The van der Waals surface area contributed by atoms with E-state index in [0.717, 1.165) is 17.2 Å². The van der Waals surface area contributed by atoms with E-state index in [0.29, 0.717) is 6.04 Å². The number of methoxy groups -OCH3 is 2. The number of hydrogen-bond acceptors (Lipinski definition) is 4. The van der Waals surface area contributed by atoms with E-state index in [9.17, 15) is 0 Å². The Morgan fingerprint density at radius 2 is 1.76 bits per heavy atom. The Morgan fingerprint density at radius 1 is 1.14 bits per heavy atom. The minimum absolute atomic E-state index is 0.551. The lowest BCUT2D eigenvalue weighted by Crippen LogP contribution is -2.39. The summed E-state index contributed by atoms with van der Waals surface area (Å²) >= 11 is 0. The number of piperidine rings is 1. The summed E-state index contributed by atoms with van der Waals surface area (Å²) in [5.41, 5.74) is 2.35. The minimum atomic E-state index is 0.551. The third-order valence-corrected chi connectivity index (χ3v) is 4.22. The molecule has 1 saturated heterocycles. The Morgan fingerprint density at radius 3 is 2.33 bits per heavy atom. The van der Waals surface area contributed by atoms with Gasteiger partial charge in [-0.3, -0.25) is 0 Å². The molecule has 1 heterocycles. The van der Waals surface area contributed by atoms with Crippen LogP contribution in [-0.4, -0.2) is 44.8 Å². The average molecular weight is 292 g/mol. The molecule has 2 rings (SSSR count). The first-order valence-electron chi connectivity index (χ1n) is 7.89. The van der Waals surface area contributed by atoms with E-state index in [1.165, 1.54) is 44.5 Å². The van der Waals surface area contributed by atoms with Gasteiger partial charge in [0.15, 0.2) is 11.5 Å². The molecule has 21 heavy (non-hydrogen) atoms. The molecule has 4 nitrogen and oxygen atoms in total. The summed E-state index contributed by atoms with van der Waals surface area (Å²) in [7, 11) is 3.36. The summed E-state index contributed by atoms with van der Waals surface area (Å²) in [5.74, 6) is 1.58. The molecule has 1 aromatic carbocycles. The van der Waals surface area contributed by atoms with E-state index in [2.05, 4.69) is 24.1 Å². The van der Waals surface area contributed by atoms with Crippen LogP contribution in [0.2, 0.25) is 0 Å². The number of benzene rings is 1. The second kappa shape index (κ2) is 7.55. The minimum Gasteiger partial charge on any atom is -0.493 e. The van der Waals surface area contributed by atoms with E-state index in [-0.39, 0.29) is 0 Å². The molecule has 0 aromatic heterocycles. The van der Waals surface area contributed by atoms with Gasteiger partial charge in [-0.25, -0.2) is 0 Å². The Kier molecular flexibility index (Phi) is 5.74. The largest absolute Gasteiger partial charge is 0.493 e. The molecule has 1 fully saturated rings. The molecule has 1 aromatic rings. The summed E-state index contributed by atoms with van der Waals surface area (Å²) in [6.07, 6.45) is 3.65. The van der Waals surface area contributed by atoms with Gasteiger partial charge in [0, 0.05) is 30.9 Å². The highest BCUT2D eigenvalue weighted by Gasteiger charge is 2.19. The number of likely N-dealkylation sites (tertiary alicyclic amines) is 1. The van der Waals surface area contributed by atoms with Gasteiger partial charge in [-0.1, -0.05) is 6.92 Å². The van der Waals surface area contributed by atoms with Gasteiger partial charge >= 0.3 is 0 Å². The number of nitrogens with one attached hydrogen (secondary N) is 1. The van der Waals surface area contributed by atoms with Gasteiger partial charge in [0.05, 0.1) is 14.2 Å². The smallest absolute Gasteiger partial charge is 0.162 e. The van der Waals surface area contributed by atoms with Crippen molar-refractivity contribution in [1.29, 1.82) is 0 Å². The summed E-state index contributed by atoms with van der Waals surface area (Å²) in [4.78, 5) is 2.56. The highest BCUT2D eigenvalue weighted by Crippen LogP contribution is 2.33. The zero-order chi connectivity index (χ0) is 15.2. The van der Waals surface area contributed by atoms with Crippen LogP contribution in [0.1, 0.15) is 31.7 Å². The third kappa shape index (κ3) is 4.03. The normalized spacial score (nSPS) is 16.8. The molecule has 0 atom stereocenters. The van der Waals surface area contributed by atoms with Crippen molar-refractivity contribution in [2.75, 3.05) is 39.2 Å². The molecule has 4 heteroatoms. The number of aryl methyl sites for hydroxylation is 1. The van der Waals surface area contributed by atoms with Crippen LogP contribution >= 0.6 is 0 Å². The Labute approximate surface area is 128 Å². The fourth-order valence-electron chi connectivity index (χ4n) is 2.97. The summed E-state index contributed by atoms with van der Waals surface area (Å²) in [6, 6.07) is 4.63. The van der Waals surface area contributed by atoms with E-state index in [1.807, 2.05) is 12.1 Å². The zero-order valence-corrected chi connectivity index (χ0v) is 13.7. The number of anilines is 1. The molecule has 0 spiro atoms. The van der Waals surface area contributed by atoms with Gasteiger partial charge in [-0.2, -0.15) is 0 Å². The lowest BCUT2D eigenvalue weighted by atomic mass is 10.0. The number of hydrogen-bond donors (Lipinski definition) is 1. The van der Waals surface area contributed by atoms with Crippen molar-refractivity contribution >= 4 is 5.69 Å². The van der Waals surface area contributed by atoms with E-state index in [1.54, 1.807) is 14.2 Å². The quantitative estimate of drug-likeness (QED) is 0.872. The second-order valence-corrected chi connectivity index (χ2v) is 5.78. The number of ether oxygens (including phenoxy) is 2. The van der Waals surface area contributed by atoms with Crippen molar-refractivity contribution in [1.82, 2.24) is 4.90 Å². The van der Waals surface area contributed by atoms with Crippen LogP contribution in [0, 0.1) is 6.92 Å². The molecule has 1 aliphatic rings. The van der Waals surface area contributed by atoms with Crippen molar-refractivity contribution in [3.05, 3.63) is 17.7 Å². The maximum Gasteiger partial charge on any atom is 0.162 e. The maximum atomic E-state index is 5.40. The van der Waals surface area contributed by atoms with Gasteiger partial charge in [-0.15, -0.1) is 0 Å². The molecule has 0 amide bonds.